The van der Waals surface area contributed by atoms with Gasteiger partial charge in [-0.25, -0.2) is 4.98 Å². The molecule has 0 saturated heterocycles. The Hall–Kier alpha value is -1.20. The van der Waals surface area contributed by atoms with Crippen LogP contribution in [0.25, 0.3) is 11.0 Å². The summed E-state index contributed by atoms with van der Waals surface area (Å²) in [6.07, 6.45) is 0.859. The molecule has 0 bridgehead atoms. The van der Waals surface area contributed by atoms with Crippen LogP contribution in [0.2, 0.25) is 0 Å². The second-order valence-electron chi connectivity index (χ2n) is 6.27. The summed E-state index contributed by atoms with van der Waals surface area (Å²) >= 11 is 1.87. The number of hydrogen-bond acceptors (Lipinski definition) is 4. The number of anilines is 1. The van der Waals surface area contributed by atoms with Crippen molar-refractivity contribution < 1.29 is 5.11 Å². The van der Waals surface area contributed by atoms with Crippen LogP contribution < -0.4 is 5.73 Å². The van der Waals surface area contributed by atoms with E-state index in [0.717, 1.165) is 47.0 Å². The number of aliphatic hydroxyl groups excluding tert-OH is 1. The van der Waals surface area contributed by atoms with Crippen LogP contribution in [-0.2, 0) is 12.0 Å². The number of nitrogens with zero attached hydrogens (tertiary/aromatic N) is 2. The van der Waals surface area contributed by atoms with Crippen LogP contribution in [0.5, 0.6) is 0 Å². The monoisotopic (exact) mass is 307 g/mol. The van der Waals surface area contributed by atoms with Gasteiger partial charge < -0.3 is 15.4 Å². The Labute approximate surface area is 130 Å². The maximum Gasteiger partial charge on any atom is 0.115 e. The van der Waals surface area contributed by atoms with E-state index in [0.29, 0.717) is 0 Å². The van der Waals surface area contributed by atoms with Gasteiger partial charge >= 0.3 is 0 Å². The van der Waals surface area contributed by atoms with E-state index in [1.807, 2.05) is 23.9 Å². The number of hydrogen-bond donors (Lipinski definition) is 2. The number of thioether (sulfide) groups is 1. The zero-order chi connectivity index (χ0) is 15.5. The van der Waals surface area contributed by atoms with Gasteiger partial charge in [-0.1, -0.05) is 20.8 Å². The highest BCUT2D eigenvalue weighted by Gasteiger charge is 2.22. The minimum atomic E-state index is 0.00352. The first-order valence-electron chi connectivity index (χ1n) is 7.38. The molecule has 0 saturated carbocycles. The number of nitrogens with two attached hydrogens (primary N) is 1. The quantitative estimate of drug-likeness (QED) is 0.636. The molecule has 0 aliphatic carbocycles. The third-order valence-corrected chi connectivity index (χ3v) is 4.40. The summed E-state index contributed by atoms with van der Waals surface area (Å²) in [7, 11) is 0. The number of nitrogen functional groups attached to an aromatic ring is 1. The van der Waals surface area contributed by atoms with Gasteiger partial charge in [0.15, 0.2) is 0 Å². The van der Waals surface area contributed by atoms with Crippen molar-refractivity contribution in [2.24, 2.45) is 0 Å². The lowest BCUT2D eigenvalue weighted by Crippen LogP contribution is -2.19. The Kier molecular flexibility index (Phi) is 5.17. The van der Waals surface area contributed by atoms with Gasteiger partial charge in [0.1, 0.15) is 5.82 Å². The first-order chi connectivity index (χ1) is 9.93. The second kappa shape index (κ2) is 6.71. The molecule has 3 N–H and O–H groups in total. The molecular weight excluding hydrogens is 282 g/mol. The van der Waals surface area contributed by atoms with Gasteiger partial charge in [0.2, 0.25) is 0 Å². The van der Waals surface area contributed by atoms with Gasteiger partial charge in [-0.3, -0.25) is 0 Å². The van der Waals surface area contributed by atoms with Crippen LogP contribution >= 0.6 is 11.8 Å². The molecule has 1 heterocycles. The smallest absolute Gasteiger partial charge is 0.115 e. The van der Waals surface area contributed by atoms with E-state index in [1.54, 1.807) is 0 Å². The summed E-state index contributed by atoms with van der Waals surface area (Å²) in [4.78, 5) is 4.79. The van der Waals surface area contributed by atoms with Crippen LogP contribution in [0.1, 0.15) is 33.0 Å². The first-order valence-corrected chi connectivity index (χ1v) is 8.54. The van der Waals surface area contributed by atoms with E-state index in [2.05, 4.69) is 31.4 Å². The maximum absolute atomic E-state index is 8.83. The number of benzene rings is 1. The molecule has 0 amide bonds. The van der Waals surface area contributed by atoms with Crippen LogP contribution in [0, 0.1) is 0 Å². The summed E-state index contributed by atoms with van der Waals surface area (Å²) in [5.41, 5.74) is 8.75. The fourth-order valence-electron chi connectivity index (χ4n) is 2.37. The molecule has 2 aromatic rings. The lowest BCUT2D eigenvalue weighted by atomic mass is 9.96. The minimum absolute atomic E-state index is 0.00352. The Balaban J connectivity index is 2.26. The van der Waals surface area contributed by atoms with Crippen molar-refractivity contribution in [3.63, 3.8) is 0 Å². The molecular formula is C16H25N3OS. The standard InChI is InChI=1S/C16H25N3OS/c1-16(2,3)15-18-13-11-12(17)5-6-14(13)19(15)7-10-21-9-4-8-20/h5-6,11,20H,4,7-10,17H2,1-3H3. The van der Waals surface area contributed by atoms with E-state index >= 15 is 0 Å². The van der Waals surface area contributed by atoms with E-state index in [-0.39, 0.29) is 12.0 Å². The van der Waals surface area contributed by atoms with Gasteiger partial charge in [0, 0.05) is 30.0 Å². The number of fused-ring (bicyclic) bond motifs is 1. The van der Waals surface area contributed by atoms with E-state index in [4.69, 9.17) is 15.8 Å². The number of aryl methyl sites for hydroxylation is 1. The second-order valence-corrected chi connectivity index (χ2v) is 7.50. The zero-order valence-corrected chi connectivity index (χ0v) is 13.9. The minimum Gasteiger partial charge on any atom is -0.399 e. The summed E-state index contributed by atoms with van der Waals surface area (Å²) in [6, 6.07) is 5.94. The van der Waals surface area contributed by atoms with Crippen LogP contribution in [-0.4, -0.2) is 32.8 Å². The van der Waals surface area contributed by atoms with Crippen LogP contribution in [0.4, 0.5) is 5.69 Å². The van der Waals surface area contributed by atoms with Crippen molar-refractivity contribution in [1.82, 2.24) is 9.55 Å². The molecule has 0 radical (unpaired) electrons. The number of aliphatic hydroxyl groups is 1. The van der Waals surface area contributed by atoms with Gasteiger partial charge in [-0.05, 0) is 30.4 Å². The van der Waals surface area contributed by atoms with Crippen molar-refractivity contribution >= 4 is 28.5 Å². The number of imidazole rings is 1. The lowest BCUT2D eigenvalue weighted by molar-refractivity contribution is 0.296. The van der Waals surface area contributed by atoms with Gasteiger partial charge in [-0.15, -0.1) is 0 Å². The summed E-state index contributed by atoms with van der Waals surface area (Å²) in [5.74, 6) is 3.13. The van der Waals surface area contributed by atoms with E-state index in [9.17, 15) is 0 Å². The molecule has 2 rings (SSSR count). The third-order valence-electron chi connectivity index (χ3n) is 3.35. The number of aromatic nitrogens is 2. The largest absolute Gasteiger partial charge is 0.399 e. The van der Waals surface area contributed by atoms with Gasteiger partial charge in [0.25, 0.3) is 0 Å². The SMILES string of the molecule is CC(C)(C)c1nc2cc(N)ccc2n1CCSCCCO. The fourth-order valence-corrected chi connectivity index (χ4v) is 3.22. The average Bonchev–Trinajstić information content (AvgIpc) is 2.76. The highest BCUT2D eigenvalue weighted by molar-refractivity contribution is 7.99. The Morgan fingerprint density at radius 3 is 2.71 bits per heavy atom. The summed E-state index contributed by atoms with van der Waals surface area (Å²) < 4.78 is 2.31. The Morgan fingerprint density at radius 2 is 2.05 bits per heavy atom. The molecule has 0 unspecified atom stereocenters. The van der Waals surface area contributed by atoms with Crippen molar-refractivity contribution in [3.8, 4) is 0 Å². The zero-order valence-electron chi connectivity index (χ0n) is 13.1. The van der Waals surface area contributed by atoms with Crippen molar-refractivity contribution in [1.29, 1.82) is 0 Å². The molecule has 4 nitrogen and oxygen atoms in total. The molecule has 0 aliphatic heterocycles. The van der Waals surface area contributed by atoms with Crippen LogP contribution in [0.15, 0.2) is 18.2 Å². The lowest BCUT2D eigenvalue weighted by Gasteiger charge is -2.20. The average molecular weight is 307 g/mol. The van der Waals surface area contributed by atoms with Crippen molar-refractivity contribution in [3.05, 3.63) is 24.0 Å². The summed E-state index contributed by atoms with van der Waals surface area (Å²) in [6.45, 7) is 7.77. The molecule has 21 heavy (non-hydrogen) atoms. The topological polar surface area (TPSA) is 64.1 Å². The maximum atomic E-state index is 8.83. The Bertz CT molecular complexity index is 601. The summed E-state index contributed by atoms with van der Waals surface area (Å²) in [5, 5.41) is 8.83. The molecule has 1 aromatic carbocycles. The normalized spacial score (nSPS) is 12.2. The predicted molar refractivity (Wildman–Crippen MR) is 91.9 cm³/mol. The Morgan fingerprint density at radius 1 is 1.29 bits per heavy atom. The highest BCUT2D eigenvalue weighted by Crippen LogP contribution is 2.27. The fraction of sp³-hybridized carbons (Fsp3) is 0.562. The molecule has 116 valence electrons. The van der Waals surface area contributed by atoms with Crippen molar-refractivity contribution in [2.75, 3.05) is 23.8 Å². The molecule has 1 aromatic heterocycles. The molecule has 0 fully saturated rings. The van der Waals surface area contributed by atoms with E-state index < -0.39 is 0 Å². The van der Waals surface area contributed by atoms with Gasteiger partial charge in [-0.2, -0.15) is 11.8 Å². The molecule has 0 aliphatic rings. The van der Waals surface area contributed by atoms with E-state index in [1.165, 1.54) is 0 Å². The molecule has 5 heteroatoms. The predicted octanol–water partition coefficient (Wildman–Crippen LogP) is 3.03. The van der Waals surface area contributed by atoms with Gasteiger partial charge in [0.05, 0.1) is 11.0 Å². The first kappa shape index (κ1) is 16.2. The number of rotatable bonds is 6. The molecule has 0 spiro atoms. The van der Waals surface area contributed by atoms with Crippen molar-refractivity contribution in [2.45, 2.75) is 39.2 Å². The highest BCUT2D eigenvalue weighted by atomic mass is 32.2. The molecule has 0 atom stereocenters. The third kappa shape index (κ3) is 3.92. The van der Waals surface area contributed by atoms with Crippen LogP contribution in [0.3, 0.4) is 0 Å².